The summed E-state index contributed by atoms with van der Waals surface area (Å²) in [5.41, 5.74) is 1.71. The van der Waals surface area contributed by atoms with Crippen LogP contribution in [0.1, 0.15) is 61.4 Å². The van der Waals surface area contributed by atoms with Crippen molar-refractivity contribution in [3.05, 3.63) is 39.3 Å². The van der Waals surface area contributed by atoms with E-state index in [-0.39, 0.29) is 5.56 Å². The van der Waals surface area contributed by atoms with Gasteiger partial charge in [-0.25, -0.2) is 14.3 Å². The second kappa shape index (κ2) is 6.02. The first-order valence-corrected chi connectivity index (χ1v) is 8.07. The second-order valence-corrected chi connectivity index (χ2v) is 6.09. The summed E-state index contributed by atoms with van der Waals surface area (Å²) in [6.07, 6.45) is 4.88. The average molecular weight is 301 g/mol. The van der Waals surface area contributed by atoms with Gasteiger partial charge < -0.3 is 0 Å². The molecule has 22 heavy (non-hydrogen) atoms. The molecule has 2 heterocycles. The van der Waals surface area contributed by atoms with Gasteiger partial charge in [-0.3, -0.25) is 4.79 Å². The molecule has 0 unspecified atom stereocenters. The maximum atomic E-state index is 12.1. The zero-order valence-corrected chi connectivity index (χ0v) is 13.5. The van der Waals surface area contributed by atoms with E-state index >= 15 is 0 Å². The number of nitrogens with zero attached hydrogens (tertiary/aromatic N) is 5. The highest BCUT2D eigenvalue weighted by atomic mass is 16.1. The molecule has 1 aliphatic carbocycles. The summed E-state index contributed by atoms with van der Waals surface area (Å²) >= 11 is 0. The first kappa shape index (κ1) is 14.9. The van der Waals surface area contributed by atoms with Gasteiger partial charge in [0, 0.05) is 18.5 Å². The van der Waals surface area contributed by atoms with Gasteiger partial charge in [0.05, 0.1) is 5.69 Å². The Morgan fingerprint density at radius 1 is 1.18 bits per heavy atom. The summed E-state index contributed by atoms with van der Waals surface area (Å²) < 4.78 is 3.38. The van der Waals surface area contributed by atoms with Gasteiger partial charge in [0.1, 0.15) is 12.4 Å². The fourth-order valence-electron chi connectivity index (χ4n) is 3.04. The molecule has 0 aliphatic heterocycles. The molecule has 0 amide bonds. The summed E-state index contributed by atoms with van der Waals surface area (Å²) in [6, 6.07) is 1.63. The molecule has 2 aromatic rings. The van der Waals surface area contributed by atoms with E-state index in [2.05, 4.69) is 10.2 Å². The molecule has 0 radical (unpaired) electrons. The maximum Gasteiger partial charge on any atom is 0.267 e. The van der Waals surface area contributed by atoms with E-state index in [9.17, 15) is 4.79 Å². The van der Waals surface area contributed by atoms with Gasteiger partial charge in [-0.05, 0) is 39.2 Å². The summed E-state index contributed by atoms with van der Waals surface area (Å²) in [5.74, 6) is 2.24. The van der Waals surface area contributed by atoms with Gasteiger partial charge in [-0.1, -0.05) is 12.8 Å². The zero-order valence-electron chi connectivity index (χ0n) is 13.5. The van der Waals surface area contributed by atoms with E-state index in [4.69, 9.17) is 4.98 Å². The van der Waals surface area contributed by atoms with Crippen molar-refractivity contribution in [1.29, 1.82) is 0 Å². The summed E-state index contributed by atoms with van der Waals surface area (Å²) in [5, 5.41) is 9.01. The van der Waals surface area contributed by atoms with Crippen LogP contribution < -0.4 is 5.56 Å². The molecule has 6 heteroatoms. The standard InChI is InChI=1S/C16H23N5O/c1-4-20-14(17-16(19-20)13-7-5-6-8-13)10-21-15(22)9-11(2)12(3)18-21/h9,13H,4-8,10H2,1-3H3. The van der Waals surface area contributed by atoms with Gasteiger partial charge in [0.25, 0.3) is 5.56 Å². The van der Waals surface area contributed by atoms with Crippen molar-refractivity contribution in [3.63, 3.8) is 0 Å². The average Bonchev–Trinajstić information content (AvgIpc) is 3.13. The van der Waals surface area contributed by atoms with E-state index in [0.29, 0.717) is 12.5 Å². The van der Waals surface area contributed by atoms with Crippen LogP contribution in [0.4, 0.5) is 0 Å². The van der Waals surface area contributed by atoms with E-state index < -0.39 is 0 Å². The molecule has 3 rings (SSSR count). The van der Waals surface area contributed by atoms with Crippen LogP contribution in [0.2, 0.25) is 0 Å². The quantitative estimate of drug-likeness (QED) is 0.868. The van der Waals surface area contributed by atoms with Crippen molar-refractivity contribution in [3.8, 4) is 0 Å². The molecule has 6 nitrogen and oxygen atoms in total. The predicted octanol–water partition coefficient (Wildman–Crippen LogP) is 2.18. The number of hydrogen-bond acceptors (Lipinski definition) is 4. The van der Waals surface area contributed by atoms with Gasteiger partial charge >= 0.3 is 0 Å². The number of aryl methyl sites for hydroxylation is 3. The Bertz CT molecular complexity index is 725. The van der Waals surface area contributed by atoms with Crippen LogP contribution >= 0.6 is 0 Å². The lowest BCUT2D eigenvalue weighted by Crippen LogP contribution is -2.25. The zero-order chi connectivity index (χ0) is 15.7. The molecule has 0 N–H and O–H groups in total. The molecule has 0 spiro atoms. The Kier molecular flexibility index (Phi) is 4.09. The lowest BCUT2D eigenvalue weighted by atomic mass is 10.1. The van der Waals surface area contributed by atoms with Crippen LogP contribution in [0, 0.1) is 13.8 Å². The fourth-order valence-corrected chi connectivity index (χ4v) is 3.04. The van der Waals surface area contributed by atoms with Crippen LogP contribution in [0.5, 0.6) is 0 Å². The van der Waals surface area contributed by atoms with Crippen molar-refractivity contribution in [2.75, 3.05) is 0 Å². The molecule has 1 fully saturated rings. The lowest BCUT2D eigenvalue weighted by molar-refractivity contribution is 0.543. The highest BCUT2D eigenvalue weighted by molar-refractivity contribution is 5.14. The van der Waals surface area contributed by atoms with Crippen LogP contribution in [0.15, 0.2) is 10.9 Å². The van der Waals surface area contributed by atoms with Crippen molar-refractivity contribution < 1.29 is 0 Å². The Morgan fingerprint density at radius 3 is 2.59 bits per heavy atom. The summed E-state index contributed by atoms with van der Waals surface area (Å²) in [7, 11) is 0. The Hall–Kier alpha value is -1.98. The maximum absolute atomic E-state index is 12.1. The topological polar surface area (TPSA) is 65.6 Å². The monoisotopic (exact) mass is 301 g/mol. The first-order valence-electron chi connectivity index (χ1n) is 8.07. The number of aromatic nitrogens is 5. The van der Waals surface area contributed by atoms with Crippen LogP contribution in [0.25, 0.3) is 0 Å². The van der Waals surface area contributed by atoms with Crippen LogP contribution in [0.3, 0.4) is 0 Å². The van der Waals surface area contributed by atoms with Crippen LogP contribution in [-0.2, 0) is 13.1 Å². The highest BCUT2D eigenvalue weighted by Gasteiger charge is 2.22. The van der Waals surface area contributed by atoms with Crippen molar-refractivity contribution >= 4 is 0 Å². The minimum absolute atomic E-state index is 0.0869. The molecule has 1 saturated carbocycles. The van der Waals surface area contributed by atoms with Gasteiger partial charge in [0.15, 0.2) is 5.82 Å². The van der Waals surface area contributed by atoms with Gasteiger partial charge in [-0.2, -0.15) is 10.2 Å². The molecule has 2 aromatic heterocycles. The predicted molar refractivity (Wildman–Crippen MR) is 84.0 cm³/mol. The van der Waals surface area contributed by atoms with E-state index in [1.165, 1.54) is 30.4 Å². The SMILES string of the molecule is CCn1nc(C2CCCC2)nc1Cn1nc(C)c(C)cc1=O. The van der Waals surface area contributed by atoms with Gasteiger partial charge in [0.2, 0.25) is 0 Å². The molecular formula is C16H23N5O. The van der Waals surface area contributed by atoms with E-state index in [0.717, 1.165) is 29.5 Å². The summed E-state index contributed by atoms with van der Waals surface area (Å²) in [4.78, 5) is 16.8. The molecule has 0 aromatic carbocycles. The molecular weight excluding hydrogens is 278 g/mol. The Morgan fingerprint density at radius 2 is 1.91 bits per heavy atom. The number of rotatable bonds is 4. The molecule has 0 saturated heterocycles. The van der Waals surface area contributed by atoms with Crippen LogP contribution in [-0.4, -0.2) is 24.5 Å². The summed E-state index contributed by atoms with van der Waals surface area (Å²) in [6.45, 7) is 7.01. The minimum atomic E-state index is -0.0869. The highest BCUT2D eigenvalue weighted by Crippen LogP contribution is 2.32. The van der Waals surface area contributed by atoms with Crippen molar-refractivity contribution in [2.24, 2.45) is 0 Å². The third kappa shape index (κ3) is 2.82. The molecule has 1 aliphatic rings. The second-order valence-electron chi connectivity index (χ2n) is 6.09. The van der Waals surface area contributed by atoms with E-state index in [1.54, 1.807) is 6.07 Å². The van der Waals surface area contributed by atoms with Crippen molar-refractivity contribution in [2.45, 2.75) is 65.5 Å². The molecule has 0 bridgehead atoms. The molecule has 118 valence electrons. The fraction of sp³-hybridized carbons (Fsp3) is 0.625. The molecule has 0 atom stereocenters. The lowest BCUT2D eigenvalue weighted by Gasteiger charge is -2.07. The van der Waals surface area contributed by atoms with Gasteiger partial charge in [-0.15, -0.1) is 0 Å². The third-order valence-corrected chi connectivity index (χ3v) is 4.51. The normalized spacial score (nSPS) is 15.6. The largest absolute Gasteiger partial charge is 0.268 e. The minimum Gasteiger partial charge on any atom is -0.268 e. The van der Waals surface area contributed by atoms with Crippen molar-refractivity contribution in [1.82, 2.24) is 24.5 Å². The third-order valence-electron chi connectivity index (χ3n) is 4.51. The Balaban J connectivity index is 1.91. The number of hydrogen-bond donors (Lipinski definition) is 0. The Labute approximate surface area is 130 Å². The first-order chi connectivity index (χ1) is 10.6. The smallest absolute Gasteiger partial charge is 0.267 e. The van der Waals surface area contributed by atoms with E-state index in [1.807, 2.05) is 25.5 Å².